The quantitative estimate of drug-likeness (QED) is 0.818. The topological polar surface area (TPSA) is 74.5 Å². The van der Waals surface area contributed by atoms with Crippen molar-refractivity contribution in [1.29, 1.82) is 0 Å². The molecule has 2 N–H and O–H groups in total. The van der Waals surface area contributed by atoms with Crippen LogP contribution in [0.5, 0.6) is 0 Å². The summed E-state index contributed by atoms with van der Waals surface area (Å²) in [6, 6.07) is 2.09. The van der Waals surface area contributed by atoms with Crippen LogP contribution in [0.4, 0.5) is 0 Å². The van der Waals surface area contributed by atoms with Crippen molar-refractivity contribution in [2.24, 2.45) is 5.73 Å². The predicted octanol–water partition coefficient (Wildman–Crippen LogP) is 0.743. The second-order valence-corrected chi connectivity index (χ2v) is 4.39. The van der Waals surface area contributed by atoms with Crippen molar-refractivity contribution in [2.75, 3.05) is 6.54 Å². The fraction of sp³-hybridized carbons (Fsp3) is 0.583. The summed E-state index contributed by atoms with van der Waals surface area (Å²) in [4.78, 5) is 0. The standard InChI is InChI=1S/C12H20N6/c1-3-18-12(7-10(2)15-18)9-17-8-11(14-16-17)5-4-6-13/h7-8H,3-6,9,13H2,1-2H3. The Kier molecular flexibility index (Phi) is 4.09. The van der Waals surface area contributed by atoms with Gasteiger partial charge >= 0.3 is 0 Å². The Morgan fingerprint density at radius 2 is 2.22 bits per heavy atom. The maximum absolute atomic E-state index is 5.48. The van der Waals surface area contributed by atoms with Gasteiger partial charge < -0.3 is 5.73 Å². The van der Waals surface area contributed by atoms with E-state index >= 15 is 0 Å². The zero-order valence-corrected chi connectivity index (χ0v) is 11.0. The first-order valence-electron chi connectivity index (χ1n) is 6.35. The molecule has 18 heavy (non-hydrogen) atoms. The Bertz CT molecular complexity index is 498. The summed E-state index contributed by atoms with van der Waals surface area (Å²) < 4.78 is 3.85. The molecule has 0 radical (unpaired) electrons. The van der Waals surface area contributed by atoms with E-state index in [1.807, 2.05) is 22.5 Å². The molecule has 0 saturated heterocycles. The number of nitrogens with zero attached hydrogens (tertiary/aromatic N) is 5. The molecule has 0 aliphatic heterocycles. The zero-order valence-electron chi connectivity index (χ0n) is 11.0. The minimum absolute atomic E-state index is 0.689. The Balaban J connectivity index is 2.06. The van der Waals surface area contributed by atoms with Crippen molar-refractivity contribution in [3.63, 3.8) is 0 Å². The van der Waals surface area contributed by atoms with E-state index in [1.54, 1.807) is 0 Å². The van der Waals surface area contributed by atoms with Crippen molar-refractivity contribution in [1.82, 2.24) is 24.8 Å². The molecular weight excluding hydrogens is 228 g/mol. The second kappa shape index (κ2) is 5.77. The molecule has 98 valence electrons. The molecule has 0 spiro atoms. The summed E-state index contributed by atoms with van der Waals surface area (Å²) in [6.45, 7) is 6.37. The van der Waals surface area contributed by atoms with Crippen LogP contribution in [0.1, 0.15) is 30.4 Å². The molecule has 6 nitrogen and oxygen atoms in total. The molecular formula is C12H20N6. The summed E-state index contributed by atoms with van der Waals surface area (Å²) >= 11 is 0. The van der Waals surface area contributed by atoms with Gasteiger partial charge in [0.1, 0.15) is 0 Å². The molecule has 0 aromatic carbocycles. The molecule has 6 heteroatoms. The number of rotatable bonds is 6. The van der Waals surface area contributed by atoms with E-state index in [0.717, 1.165) is 36.5 Å². The number of aryl methyl sites for hydroxylation is 3. The Labute approximate surface area is 107 Å². The van der Waals surface area contributed by atoms with E-state index in [2.05, 4.69) is 28.4 Å². The van der Waals surface area contributed by atoms with E-state index < -0.39 is 0 Å². The molecule has 2 rings (SSSR count). The summed E-state index contributed by atoms with van der Waals surface area (Å²) in [5, 5.41) is 12.7. The van der Waals surface area contributed by atoms with E-state index in [4.69, 9.17) is 5.73 Å². The molecule has 0 aliphatic carbocycles. The van der Waals surface area contributed by atoms with Gasteiger partial charge in [-0.25, -0.2) is 4.68 Å². The fourth-order valence-corrected chi connectivity index (χ4v) is 1.98. The average Bonchev–Trinajstić information content (AvgIpc) is 2.94. The highest BCUT2D eigenvalue weighted by molar-refractivity contribution is 5.09. The van der Waals surface area contributed by atoms with Gasteiger partial charge in [-0.15, -0.1) is 5.10 Å². The van der Waals surface area contributed by atoms with Crippen molar-refractivity contribution in [3.8, 4) is 0 Å². The normalized spacial score (nSPS) is 11.1. The summed E-state index contributed by atoms with van der Waals surface area (Å²) in [5.74, 6) is 0. The van der Waals surface area contributed by atoms with Crippen LogP contribution in [0.25, 0.3) is 0 Å². The first-order chi connectivity index (χ1) is 8.72. The first kappa shape index (κ1) is 12.8. The van der Waals surface area contributed by atoms with E-state index in [-0.39, 0.29) is 0 Å². The minimum Gasteiger partial charge on any atom is -0.330 e. The molecule has 0 bridgehead atoms. The van der Waals surface area contributed by atoms with Gasteiger partial charge in [-0.05, 0) is 39.3 Å². The number of hydrogen-bond donors (Lipinski definition) is 1. The lowest BCUT2D eigenvalue weighted by Crippen LogP contribution is -2.08. The SMILES string of the molecule is CCn1nc(C)cc1Cn1cc(CCCN)nn1. The Morgan fingerprint density at radius 3 is 2.94 bits per heavy atom. The third-order valence-electron chi connectivity index (χ3n) is 2.83. The van der Waals surface area contributed by atoms with Crippen LogP contribution in [-0.2, 0) is 19.5 Å². The van der Waals surface area contributed by atoms with Gasteiger partial charge in [0, 0.05) is 12.7 Å². The zero-order chi connectivity index (χ0) is 13.0. The van der Waals surface area contributed by atoms with Gasteiger partial charge in [0.15, 0.2) is 0 Å². The number of nitrogens with two attached hydrogens (primary N) is 1. The second-order valence-electron chi connectivity index (χ2n) is 4.39. The predicted molar refractivity (Wildman–Crippen MR) is 69.1 cm³/mol. The summed E-state index contributed by atoms with van der Waals surface area (Å²) in [7, 11) is 0. The third-order valence-corrected chi connectivity index (χ3v) is 2.83. The van der Waals surface area contributed by atoms with Gasteiger partial charge in [-0.3, -0.25) is 4.68 Å². The highest BCUT2D eigenvalue weighted by Crippen LogP contribution is 2.06. The van der Waals surface area contributed by atoms with E-state index in [9.17, 15) is 0 Å². The summed E-state index contributed by atoms with van der Waals surface area (Å²) in [5.41, 5.74) is 8.68. The van der Waals surface area contributed by atoms with Crippen LogP contribution in [0.15, 0.2) is 12.3 Å². The van der Waals surface area contributed by atoms with Gasteiger partial charge in [-0.1, -0.05) is 5.21 Å². The van der Waals surface area contributed by atoms with Crippen molar-refractivity contribution >= 4 is 0 Å². The van der Waals surface area contributed by atoms with Crippen molar-refractivity contribution in [2.45, 2.75) is 39.8 Å². The fourth-order valence-electron chi connectivity index (χ4n) is 1.98. The highest BCUT2D eigenvalue weighted by atomic mass is 15.4. The molecule has 2 aromatic rings. The molecule has 0 aliphatic rings. The molecule has 0 saturated carbocycles. The van der Waals surface area contributed by atoms with Crippen LogP contribution in [0.2, 0.25) is 0 Å². The van der Waals surface area contributed by atoms with Gasteiger partial charge in [0.2, 0.25) is 0 Å². The van der Waals surface area contributed by atoms with Gasteiger partial charge in [-0.2, -0.15) is 5.10 Å². The maximum atomic E-state index is 5.48. The monoisotopic (exact) mass is 248 g/mol. The van der Waals surface area contributed by atoms with E-state index in [1.165, 1.54) is 0 Å². The van der Waals surface area contributed by atoms with Crippen LogP contribution >= 0.6 is 0 Å². The smallest absolute Gasteiger partial charge is 0.0846 e. The molecule has 0 unspecified atom stereocenters. The van der Waals surface area contributed by atoms with Crippen molar-refractivity contribution < 1.29 is 0 Å². The minimum atomic E-state index is 0.689. The van der Waals surface area contributed by atoms with Crippen LogP contribution < -0.4 is 5.73 Å². The largest absolute Gasteiger partial charge is 0.330 e. The first-order valence-corrected chi connectivity index (χ1v) is 6.35. The average molecular weight is 248 g/mol. The molecule has 0 fully saturated rings. The van der Waals surface area contributed by atoms with Crippen molar-refractivity contribution in [3.05, 3.63) is 29.3 Å². The van der Waals surface area contributed by atoms with Crippen LogP contribution in [0.3, 0.4) is 0 Å². The number of aromatic nitrogens is 5. The molecule has 2 heterocycles. The molecule has 0 amide bonds. The Hall–Kier alpha value is -1.69. The van der Waals surface area contributed by atoms with E-state index in [0.29, 0.717) is 13.1 Å². The lowest BCUT2D eigenvalue weighted by Gasteiger charge is -2.03. The van der Waals surface area contributed by atoms with Crippen LogP contribution in [0, 0.1) is 6.92 Å². The summed E-state index contributed by atoms with van der Waals surface area (Å²) in [6.07, 6.45) is 3.82. The highest BCUT2D eigenvalue weighted by Gasteiger charge is 2.06. The molecule has 0 atom stereocenters. The van der Waals surface area contributed by atoms with Gasteiger partial charge in [0.25, 0.3) is 0 Å². The molecule has 2 aromatic heterocycles. The lowest BCUT2D eigenvalue weighted by atomic mass is 10.2. The van der Waals surface area contributed by atoms with Crippen LogP contribution in [-0.4, -0.2) is 31.3 Å². The number of hydrogen-bond acceptors (Lipinski definition) is 4. The Morgan fingerprint density at radius 1 is 1.39 bits per heavy atom. The third kappa shape index (κ3) is 2.95. The maximum Gasteiger partial charge on any atom is 0.0846 e. The van der Waals surface area contributed by atoms with Gasteiger partial charge in [0.05, 0.1) is 23.6 Å². The lowest BCUT2D eigenvalue weighted by molar-refractivity contribution is 0.565.